The number of phenols is 1. The minimum absolute atomic E-state index is 0.0408. The van der Waals surface area contributed by atoms with Crippen LogP contribution in [0.4, 0.5) is 16.3 Å². The maximum Gasteiger partial charge on any atom is 0.407 e. The highest BCUT2D eigenvalue weighted by Gasteiger charge is 2.29. The zero-order chi connectivity index (χ0) is 25.3. The molecule has 0 saturated carbocycles. The van der Waals surface area contributed by atoms with Gasteiger partial charge in [-0.15, -0.1) is 0 Å². The molecule has 0 radical (unpaired) electrons. The van der Waals surface area contributed by atoms with E-state index in [1.54, 1.807) is 24.4 Å². The molecule has 0 spiro atoms. The Balaban J connectivity index is 1.66. The van der Waals surface area contributed by atoms with Gasteiger partial charge in [-0.2, -0.15) is 5.10 Å². The molecule has 1 fully saturated rings. The SMILES string of the molecule is CC(C)(C)c1nn(C2CCN(C(=O)O)CC2)cc1-c1cnc(N)c(C(=O)Nc2cccc(O)c2)c1. The predicted octanol–water partition coefficient (Wildman–Crippen LogP) is 4.10. The van der Waals surface area contributed by atoms with Gasteiger partial charge in [-0.25, -0.2) is 9.78 Å². The molecule has 1 aliphatic rings. The van der Waals surface area contributed by atoms with E-state index in [-0.39, 0.29) is 28.6 Å². The van der Waals surface area contributed by atoms with Gasteiger partial charge in [-0.1, -0.05) is 26.8 Å². The minimum atomic E-state index is -0.899. The van der Waals surface area contributed by atoms with Crippen molar-refractivity contribution in [2.75, 3.05) is 24.1 Å². The Morgan fingerprint density at radius 1 is 1.17 bits per heavy atom. The van der Waals surface area contributed by atoms with Crippen molar-refractivity contribution in [3.63, 3.8) is 0 Å². The number of aromatic nitrogens is 3. The van der Waals surface area contributed by atoms with Crippen molar-refractivity contribution in [3.05, 3.63) is 54.0 Å². The Bertz CT molecular complexity index is 1260. The number of aromatic hydroxyl groups is 1. The third-order valence-electron chi connectivity index (χ3n) is 6.13. The monoisotopic (exact) mass is 478 g/mol. The molecule has 2 amide bonds. The molecule has 2 aromatic heterocycles. The fraction of sp³-hybridized carbons (Fsp3) is 0.360. The summed E-state index contributed by atoms with van der Waals surface area (Å²) in [5.74, 6) is -0.301. The van der Waals surface area contributed by atoms with E-state index in [0.717, 1.165) is 11.3 Å². The standard InChI is InChI=1S/C25H30N6O4/c1-25(2,3)21-20(14-31(29-21)17-7-9-30(10-8-17)24(34)35)15-11-19(22(26)27-13-15)23(33)28-16-5-4-6-18(32)12-16/h4-6,11-14,17,32H,7-10H2,1-3H3,(H2,26,27)(H,28,33)(H,34,35). The number of nitrogens with zero attached hydrogens (tertiary/aromatic N) is 4. The molecule has 184 valence electrons. The number of hydrogen-bond acceptors (Lipinski definition) is 6. The van der Waals surface area contributed by atoms with Gasteiger partial charge in [0.05, 0.1) is 17.3 Å². The summed E-state index contributed by atoms with van der Waals surface area (Å²) in [7, 11) is 0. The fourth-order valence-electron chi connectivity index (χ4n) is 4.25. The summed E-state index contributed by atoms with van der Waals surface area (Å²) < 4.78 is 1.91. The molecule has 3 aromatic rings. The molecule has 0 aliphatic carbocycles. The Hall–Kier alpha value is -4.08. The van der Waals surface area contributed by atoms with Crippen LogP contribution in [0, 0.1) is 0 Å². The van der Waals surface area contributed by atoms with Crippen LogP contribution in [0.3, 0.4) is 0 Å². The Labute approximate surface area is 203 Å². The molecule has 0 bridgehead atoms. The highest BCUT2D eigenvalue weighted by Crippen LogP contribution is 2.35. The highest BCUT2D eigenvalue weighted by molar-refractivity contribution is 6.08. The second kappa shape index (κ2) is 9.28. The van der Waals surface area contributed by atoms with Crippen LogP contribution in [-0.4, -0.2) is 55.0 Å². The van der Waals surface area contributed by atoms with Crippen molar-refractivity contribution in [1.82, 2.24) is 19.7 Å². The number of likely N-dealkylation sites (tertiary alicyclic amines) is 1. The number of carbonyl (C=O) groups excluding carboxylic acids is 1. The van der Waals surface area contributed by atoms with Gasteiger partial charge in [-0.3, -0.25) is 9.48 Å². The van der Waals surface area contributed by atoms with Gasteiger partial charge in [0.2, 0.25) is 0 Å². The Morgan fingerprint density at radius 3 is 2.51 bits per heavy atom. The number of nitrogens with two attached hydrogens (primary N) is 1. The lowest BCUT2D eigenvalue weighted by molar-refractivity contribution is 0.102. The summed E-state index contributed by atoms with van der Waals surface area (Å²) in [6.45, 7) is 7.12. The molecule has 10 heteroatoms. The molecule has 3 heterocycles. The van der Waals surface area contributed by atoms with Crippen molar-refractivity contribution < 1.29 is 19.8 Å². The van der Waals surface area contributed by atoms with Crippen LogP contribution >= 0.6 is 0 Å². The number of amides is 2. The van der Waals surface area contributed by atoms with Gasteiger partial charge in [0.1, 0.15) is 11.6 Å². The number of phenolic OH excluding ortho intramolecular Hbond substituents is 1. The maximum atomic E-state index is 13.0. The van der Waals surface area contributed by atoms with Crippen LogP contribution in [-0.2, 0) is 5.41 Å². The first kappa shape index (κ1) is 24.1. The molecule has 1 aromatic carbocycles. The van der Waals surface area contributed by atoms with E-state index in [1.165, 1.54) is 17.0 Å². The minimum Gasteiger partial charge on any atom is -0.508 e. The third kappa shape index (κ3) is 5.21. The normalized spacial score (nSPS) is 14.7. The Kier molecular flexibility index (Phi) is 6.38. The number of anilines is 2. The Morgan fingerprint density at radius 2 is 1.89 bits per heavy atom. The molecule has 35 heavy (non-hydrogen) atoms. The molecular formula is C25H30N6O4. The van der Waals surface area contributed by atoms with E-state index < -0.39 is 12.0 Å². The van der Waals surface area contributed by atoms with E-state index in [0.29, 0.717) is 37.2 Å². The topological polar surface area (TPSA) is 147 Å². The van der Waals surface area contributed by atoms with Crippen LogP contribution < -0.4 is 11.1 Å². The number of benzene rings is 1. The lowest BCUT2D eigenvalue weighted by Crippen LogP contribution is -2.38. The lowest BCUT2D eigenvalue weighted by Gasteiger charge is -2.30. The van der Waals surface area contributed by atoms with Crippen molar-refractivity contribution in [3.8, 4) is 16.9 Å². The number of nitrogen functional groups attached to an aromatic ring is 1. The predicted molar refractivity (Wildman–Crippen MR) is 132 cm³/mol. The number of rotatable bonds is 4. The van der Waals surface area contributed by atoms with Crippen LogP contribution in [0.5, 0.6) is 5.75 Å². The quantitative estimate of drug-likeness (QED) is 0.441. The molecule has 10 nitrogen and oxygen atoms in total. The molecule has 5 N–H and O–H groups in total. The number of carbonyl (C=O) groups is 2. The van der Waals surface area contributed by atoms with Crippen molar-refractivity contribution >= 4 is 23.5 Å². The number of piperidine rings is 1. The second-order valence-electron chi connectivity index (χ2n) is 9.78. The van der Waals surface area contributed by atoms with E-state index in [9.17, 15) is 19.8 Å². The zero-order valence-electron chi connectivity index (χ0n) is 20.0. The van der Waals surface area contributed by atoms with E-state index >= 15 is 0 Å². The van der Waals surface area contributed by atoms with Gasteiger partial charge >= 0.3 is 6.09 Å². The zero-order valence-corrected chi connectivity index (χ0v) is 20.0. The first-order valence-corrected chi connectivity index (χ1v) is 11.5. The van der Waals surface area contributed by atoms with Crippen LogP contribution in [0.25, 0.3) is 11.1 Å². The van der Waals surface area contributed by atoms with Gasteiger partial charge in [0.15, 0.2) is 0 Å². The van der Waals surface area contributed by atoms with Gasteiger partial charge < -0.3 is 26.2 Å². The van der Waals surface area contributed by atoms with E-state index in [4.69, 9.17) is 10.8 Å². The summed E-state index contributed by atoms with van der Waals surface area (Å²) in [6.07, 6.45) is 4.03. The van der Waals surface area contributed by atoms with E-state index in [2.05, 4.69) is 31.1 Å². The lowest BCUT2D eigenvalue weighted by atomic mass is 9.87. The first-order chi connectivity index (χ1) is 16.5. The van der Waals surface area contributed by atoms with Gasteiger partial charge in [0, 0.05) is 53.8 Å². The van der Waals surface area contributed by atoms with Crippen LogP contribution in [0.2, 0.25) is 0 Å². The summed E-state index contributed by atoms with van der Waals surface area (Å²) in [5, 5.41) is 26.5. The molecule has 0 unspecified atom stereocenters. The summed E-state index contributed by atoms with van der Waals surface area (Å²) in [6, 6.07) is 8.04. The maximum absolute atomic E-state index is 13.0. The number of hydrogen-bond donors (Lipinski definition) is 4. The largest absolute Gasteiger partial charge is 0.508 e. The second-order valence-corrected chi connectivity index (χ2v) is 9.78. The van der Waals surface area contributed by atoms with Crippen LogP contribution in [0.15, 0.2) is 42.7 Å². The summed E-state index contributed by atoms with van der Waals surface area (Å²) in [4.78, 5) is 29.9. The van der Waals surface area contributed by atoms with Crippen LogP contribution in [0.1, 0.15) is 55.7 Å². The summed E-state index contributed by atoms with van der Waals surface area (Å²) >= 11 is 0. The molecule has 0 atom stereocenters. The van der Waals surface area contributed by atoms with Gasteiger partial charge in [-0.05, 0) is 31.0 Å². The van der Waals surface area contributed by atoms with Crippen molar-refractivity contribution in [2.45, 2.75) is 45.1 Å². The average molecular weight is 479 g/mol. The smallest absolute Gasteiger partial charge is 0.407 e. The molecule has 4 rings (SSSR count). The first-order valence-electron chi connectivity index (χ1n) is 11.5. The van der Waals surface area contributed by atoms with E-state index in [1.807, 2.05) is 10.9 Å². The number of pyridine rings is 1. The average Bonchev–Trinajstić information content (AvgIpc) is 3.25. The van der Waals surface area contributed by atoms with Gasteiger partial charge in [0.25, 0.3) is 5.91 Å². The number of carboxylic acid groups (broad SMARTS) is 1. The highest BCUT2D eigenvalue weighted by atomic mass is 16.4. The number of nitrogens with one attached hydrogen (secondary N) is 1. The molecule has 1 aliphatic heterocycles. The molecule has 1 saturated heterocycles. The fourth-order valence-corrected chi connectivity index (χ4v) is 4.25. The summed E-state index contributed by atoms with van der Waals surface area (Å²) in [5.41, 5.74) is 8.82. The molecular weight excluding hydrogens is 448 g/mol. The van der Waals surface area contributed by atoms with Crippen molar-refractivity contribution in [1.29, 1.82) is 0 Å². The van der Waals surface area contributed by atoms with Crippen molar-refractivity contribution in [2.24, 2.45) is 0 Å². The third-order valence-corrected chi connectivity index (χ3v) is 6.13.